The lowest BCUT2D eigenvalue weighted by Crippen LogP contribution is -2.35. The Morgan fingerprint density at radius 3 is 2.53 bits per heavy atom. The van der Waals surface area contributed by atoms with Crippen molar-refractivity contribution in [2.45, 2.75) is 38.1 Å². The Balaban J connectivity index is 1.88. The molecule has 1 aliphatic carbocycles. The highest BCUT2D eigenvalue weighted by Crippen LogP contribution is 2.23. The number of hydrogen-bond acceptors (Lipinski definition) is 3. The van der Waals surface area contributed by atoms with Crippen molar-refractivity contribution in [3.63, 3.8) is 0 Å². The van der Waals surface area contributed by atoms with Crippen molar-refractivity contribution in [2.75, 3.05) is 20.2 Å². The molecular weight excluding hydrogens is 236 g/mol. The first kappa shape index (κ1) is 13.9. The molecule has 0 spiro atoms. The van der Waals surface area contributed by atoms with E-state index in [9.17, 15) is 0 Å². The summed E-state index contributed by atoms with van der Waals surface area (Å²) in [6, 6.07) is 11.1. The minimum absolute atomic E-state index is 0.556. The molecule has 0 unspecified atom stereocenters. The zero-order valence-electron chi connectivity index (χ0n) is 11.6. The minimum Gasteiger partial charge on any atom is -0.497 e. The van der Waals surface area contributed by atoms with E-state index in [1.54, 1.807) is 7.11 Å². The number of ether oxygens (including phenoxy) is 1. The molecule has 1 aromatic carbocycles. The molecule has 1 aliphatic rings. The summed E-state index contributed by atoms with van der Waals surface area (Å²) in [5.74, 6) is 0.897. The molecular formula is C16H22N2O. The summed E-state index contributed by atoms with van der Waals surface area (Å²) in [6.45, 7) is 1.53. The third-order valence-corrected chi connectivity index (χ3v) is 3.96. The molecule has 0 radical (unpaired) electrons. The topological polar surface area (TPSA) is 36.3 Å². The van der Waals surface area contributed by atoms with Crippen LogP contribution in [0, 0.1) is 11.3 Å². The predicted octanol–water partition coefficient (Wildman–Crippen LogP) is 3.01. The fraction of sp³-hybridized carbons (Fsp3) is 0.562. The molecule has 19 heavy (non-hydrogen) atoms. The molecule has 3 nitrogen and oxygen atoms in total. The van der Waals surface area contributed by atoms with Crippen LogP contribution in [0.25, 0.3) is 0 Å². The van der Waals surface area contributed by atoms with E-state index < -0.39 is 0 Å². The van der Waals surface area contributed by atoms with Gasteiger partial charge in [0.15, 0.2) is 0 Å². The molecule has 0 N–H and O–H groups in total. The average molecular weight is 258 g/mol. The standard InChI is InChI=1S/C16H22N2O/c1-19-16-8-6-14(7-9-16)10-12-18(13-11-17)15-4-2-3-5-15/h6-9,15H,2-5,10,12-13H2,1H3. The van der Waals surface area contributed by atoms with Crippen LogP contribution in [0.5, 0.6) is 5.75 Å². The monoisotopic (exact) mass is 258 g/mol. The molecule has 0 aliphatic heterocycles. The molecule has 3 heteroatoms. The van der Waals surface area contributed by atoms with Crippen LogP contribution in [0.2, 0.25) is 0 Å². The van der Waals surface area contributed by atoms with E-state index >= 15 is 0 Å². The number of methoxy groups -OCH3 is 1. The van der Waals surface area contributed by atoms with Gasteiger partial charge in [0.1, 0.15) is 5.75 Å². The van der Waals surface area contributed by atoms with Gasteiger partial charge in [0.25, 0.3) is 0 Å². The molecule has 1 fully saturated rings. The normalized spacial score (nSPS) is 15.6. The second-order valence-corrected chi connectivity index (χ2v) is 5.16. The molecule has 0 atom stereocenters. The van der Waals surface area contributed by atoms with Gasteiger partial charge in [-0.15, -0.1) is 0 Å². The summed E-state index contributed by atoms with van der Waals surface area (Å²) in [6.07, 6.45) is 6.14. The quantitative estimate of drug-likeness (QED) is 0.736. The minimum atomic E-state index is 0.556. The first-order valence-electron chi connectivity index (χ1n) is 7.07. The smallest absolute Gasteiger partial charge is 0.118 e. The Kier molecular flexibility index (Phi) is 5.23. The van der Waals surface area contributed by atoms with Gasteiger partial charge in [0.2, 0.25) is 0 Å². The number of rotatable bonds is 6. The van der Waals surface area contributed by atoms with E-state index in [2.05, 4.69) is 23.1 Å². The van der Waals surface area contributed by atoms with E-state index in [0.717, 1.165) is 18.7 Å². The maximum atomic E-state index is 8.95. The van der Waals surface area contributed by atoms with Gasteiger partial charge in [-0.05, 0) is 37.0 Å². The second kappa shape index (κ2) is 7.16. The van der Waals surface area contributed by atoms with E-state index in [0.29, 0.717) is 12.6 Å². The molecule has 1 saturated carbocycles. The lowest BCUT2D eigenvalue weighted by Gasteiger charge is -2.26. The van der Waals surface area contributed by atoms with E-state index in [1.165, 1.54) is 31.2 Å². The Morgan fingerprint density at radius 1 is 1.26 bits per heavy atom. The summed E-state index contributed by atoms with van der Waals surface area (Å²) < 4.78 is 5.16. The highest BCUT2D eigenvalue weighted by molar-refractivity contribution is 5.27. The van der Waals surface area contributed by atoms with Crippen molar-refractivity contribution in [1.29, 1.82) is 5.26 Å². The Labute approximate surface area is 115 Å². The Bertz CT molecular complexity index is 415. The van der Waals surface area contributed by atoms with E-state index in [-0.39, 0.29) is 0 Å². The molecule has 0 amide bonds. The number of hydrogen-bond donors (Lipinski definition) is 0. The van der Waals surface area contributed by atoms with Crippen LogP contribution in [0.1, 0.15) is 31.2 Å². The van der Waals surface area contributed by atoms with Crippen molar-refractivity contribution in [3.05, 3.63) is 29.8 Å². The average Bonchev–Trinajstić information content (AvgIpc) is 2.98. The molecule has 1 aromatic rings. The van der Waals surface area contributed by atoms with Crippen LogP contribution >= 0.6 is 0 Å². The highest BCUT2D eigenvalue weighted by atomic mass is 16.5. The third-order valence-electron chi connectivity index (χ3n) is 3.96. The summed E-state index contributed by atoms with van der Waals surface area (Å²) in [4.78, 5) is 2.34. The van der Waals surface area contributed by atoms with Gasteiger partial charge in [-0.25, -0.2) is 0 Å². The zero-order valence-corrected chi connectivity index (χ0v) is 11.6. The first-order chi connectivity index (χ1) is 9.33. The van der Waals surface area contributed by atoms with Crippen LogP contribution in [0.15, 0.2) is 24.3 Å². The van der Waals surface area contributed by atoms with Gasteiger partial charge in [-0.1, -0.05) is 25.0 Å². The maximum absolute atomic E-state index is 8.95. The third kappa shape index (κ3) is 3.97. The van der Waals surface area contributed by atoms with E-state index in [4.69, 9.17) is 10.00 Å². The SMILES string of the molecule is COc1ccc(CCN(CC#N)C2CCCC2)cc1. The van der Waals surface area contributed by atoms with E-state index in [1.807, 2.05) is 12.1 Å². The number of benzene rings is 1. The van der Waals surface area contributed by atoms with Crippen LogP contribution in [0.4, 0.5) is 0 Å². The first-order valence-corrected chi connectivity index (χ1v) is 7.07. The lowest BCUT2D eigenvalue weighted by atomic mass is 10.1. The number of nitriles is 1. The van der Waals surface area contributed by atoms with Crippen molar-refractivity contribution >= 4 is 0 Å². The van der Waals surface area contributed by atoms with Crippen molar-refractivity contribution in [2.24, 2.45) is 0 Å². The van der Waals surface area contributed by atoms with Crippen LogP contribution in [-0.2, 0) is 6.42 Å². The molecule has 102 valence electrons. The van der Waals surface area contributed by atoms with Gasteiger partial charge in [-0.3, -0.25) is 4.90 Å². The van der Waals surface area contributed by atoms with Gasteiger partial charge in [0.05, 0.1) is 19.7 Å². The summed E-state index contributed by atoms with van der Waals surface area (Å²) in [5.41, 5.74) is 1.31. The van der Waals surface area contributed by atoms with Crippen molar-refractivity contribution in [1.82, 2.24) is 4.90 Å². The largest absolute Gasteiger partial charge is 0.497 e. The van der Waals surface area contributed by atoms with Crippen LogP contribution < -0.4 is 4.74 Å². The summed E-state index contributed by atoms with van der Waals surface area (Å²) in [5, 5.41) is 8.95. The molecule has 2 rings (SSSR count). The zero-order chi connectivity index (χ0) is 13.5. The molecule has 0 heterocycles. The Morgan fingerprint density at radius 2 is 1.95 bits per heavy atom. The summed E-state index contributed by atoms with van der Waals surface area (Å²) >= 11 is 0. The molecule has 0 bridgehead atoms. The van der Waals surface area contributed by atoms with Gasteiger partial charge >= 0.3 is 0 Å². The Hall–Kier alpha value is -1.53. The maximum Gasteiger partial charge on any atom is 0.118 e. The molecule has 0 saturated heterocycles. The molecule has 0 aromatic heterocycles. The lowest BCUT2D eigenvalue weighted by molar-refractivity contribution is 0.225. The highest BCUT2D eigenvalue weighted by Gasteiger charge is 2.21. The van der Waals surface area contributed by atoms with Gasteiger partial charge < -0.3 is 4.74 Å². The fourth-order valence-electron chi connectivity index (χ4n) is 2.82. The second-order valence-electron chi connectivity index (χ2n) is 5.16. The van der Waals surface area contributed by atoms with Crippen LogP contribution in [-0.4, -0.2) is 31.1 Å². The van der Waals surface area contributed by atoms with Crippen molar-refractivity contribution in [3.8, 4) is 11.8 Å². The van der Waals surface area contributed by atoms with Gasteiger partial charge in [0, 0.05) is 12.6 Å². The fourth-order valence-corrected chi connectivity index (χ4v) is 2.82. The number of nitrogens with zero attached hydrogens (tertiary/aromatic N) is 2. The van der Waals surface area contributed by atoms with Crippen LogP contribution in [0.3, 0.4) is 0 Å². The predicted molar refractivity (Wildman–Crippen MR) is 76.1 cm³/mol. The van der Waals surface area contributed by atoms with Crippen molar-refractivity contribution < 1.29 is 4.74 Å². The summed E-state index contributed by atoms with van der Waals surface area (Å²) in [7, 11) is 1.68. The van der Waals surface area contributed by atoms with Gasteiger partial charge in [-0.2, -0.15) is 5.26 Å².